The van der Waals surface area contributed by atoms with Crippen LogP contribution in [-0.2, 0) is 4.79 Å². The number of aliphatic hydroxyl groups excluding tert-OH is 1. The molecule has 2 amide bonds. The molecule has 0 aliphatic carbocycles. The molecule has 0 aliphatic rings. The molecule has 2 unspecified atom stereocenters. The number of carboxylic acid groups (broad SMARTS) is 1. The maximum absolute atomic E-state index is 11.4. The number of hydrogen-bond donors (Lipinski definition) is 4. The Morgan fingerprint density at radius 3 is 2.65 bits per heavy atom. The Labute approximate surface area is 109 Å². The zero-order valence-electron chi connectivity index (χ0n) is 8.68. The topological polar surface area (TPSA) is 112 Å². The molecule has 0 aromatic carbocycles. The van der Waals surface area contributed by atoms with Crippen LogP contribution in [0.25, 0.3) is 0 Å². The van der Waals surface area contributed by atoms with Gasteiger partial charge in [0.2, 0.25) is 0 Å². The summed E-state index contributed by atoms with van der Waals surface area (Å²) >= 11 is 4.35. The van der Waals surface area contributed by atoms with Gasteiger partial charge in [0.1, 0.15) is 0 Å². The number of rotatable bonds is 4. The molecule has 0 bridgehead atoms. The van der Waals surface area contributed by atoms with Crippen molar-refractivity contribution in [3.05, 3.63) is 9.98 Å². The number of nitrogens with zero attached hydrogens (tertiary/aromatic N) is 1. The minimum Gasteiger partial charge on any atom is -0.480 e. The van der Waals surface area contributed by atoms with Gasteiger partial charge in [0, 0.05) is 0 Å². The maximum atomic E-state index is 11.4. The second-order valence-corrected chi connectivity index (χ2v) is 5.53. The van der Waals surface area contributed by atoms with E-state index in [1.807, 2.05) is 0 Å². The Bertz CT molecular complexity index is 423. The molecule has 4 N–H and O–H groups in total. The van der Waals surface area contributed by atoms with E-state index < -0.39 is 24.1 Å². The molecule has 1 aromatic rings. The van der Waals surface area contributed by atoms with Crippen LogP contribution in [0.15, 0.2) is 9.98 Å². The first-order chi connectivity index (χ1) is 7.90. The lowest BCUT2D eigenvalue weighted by Gasteiger charge is -2.16. The Hall–Kier alpha value is -1.19. The molecule has 0 saturated carbocycles. The van der Waals surface area contributed by atoms with Crippen molar-refractivity contribution in [2.45, 2.75) is 19.1 Å². The summed E-state index contributed by atoms with van der Waals surface area (Å²) in [6, 6.07) is -2.10. The lowest BCUT2D eigenvalue weighted by molar-refractivity contribution is -0.141. The first-order valence-electron chi connectivity index (χ1n) is 4.50. The summed E-state index contributed by atoms with van der Waals surface area (Å²) in [6.07, 6.45) is 0.310. The zero-order chi connectivity index (χ0) is 13.0. The van der Waals surface area contributed by atoms with Gasteiger partial charge in [-0.15, -0.1) is 0 Å². The average molecular weight is 324 g/mol. The minimum absolute atomic E-state index is 0.323. The number of thiazole rings is 1. The Morgan fingerprint density at radius 1 is 1.59 bits per heavy atom. The molecule has 0 radical (unpaired) electrons. The maximum Gasteiger partial charge on any atom is 0.328 e. The summed E-state index contributed by atoms with van der Waals surface area (Å²) in [5.74, 6) is -1.31. The van der Waals surface area contributed by atoms with E-state index in [1.165, 1.54) is 24.5 Å². The van der Waals surface area contributed by atoms with Crippen molar-refractivity contribution in [3.8, 4) is 0 Å². The molecule has 9 heteroatoms. The van der Waals surface area contributed by atoms with E-state index in [0.717, 1.165) is 3.79 Å². The number of urea groups is 1. The van der Waals surface area contributed by atoms with Crippen molar-refractivity contribution >= 4 is 44.4 Å². The van der Waals surface area contributed by atoms with E-state index in [4.69, 9.17) is 10.2 Å². The van der Waals surface area contributed by atoms with Crippen molar-refractivity contribution in [2.75, 3.05) is 5.32 Å². The fourth-order valence-corrected chi connectivity index (χ4v) is 2.08. The number of carboxylic acids is 1. The zero-order valence-corrected chi connectivity index (χ0v) is 11.1. The molecule has 2 atom stereocenters. The van der Waals surface area contributed by atoms with Crippen LogP contribution in [0.4, 0.5) is 9.93 Å². The standard InChI is InChI=1S/C8H10BrN3O4S/c1-3(13)5(6(14)15)11-7(16)12-8-10-2-4(9)17-8/h2-3,5,13H,1H3,(H,14,15)(H2,10,11,12,16). The molecule has 17 heavy (non-hydrogen) atoms. The normalized spacial score (nSPS) is 13.8. The van der Waals surface area contributed by atoms with Gasteiger partial charge in [0.25, 0.3) is 0 Å². The number of nitrogens with one attached hydrogen (secondary N) is 2. The van der Waals surface area contributed by atoms with E-state index >= 15 is 0 Å². The summed E-state index contributed by atoms with van der Waals surface area (Å²) < 4.78 is 0.734. The predicted molar refractivity (Wildman–Crippen MR) is 65.1 cm³/mol. The van der Waals surface area contributed by atoms with E-state index in [9.17, 15) is 9.59 Å². The van der Waals surface area contributed by atoms with Gasteiger partial charge in [0.15, 0.2) is 11.2 Å². The molecule has 0 aliphatic heterocycles. The number of aliphatic hydroxyl groups is 1. The number of amides is 2. The van der Waals surface area contributed by atoms with Crippen LogP contribution in [0.2, 0.25) is 0 Å². The highest BCUT2D eigenvalue weighted by Crippen LogP contribution is 2.22. The third-order valence-electron chi connectivity index (χ3n) is 1.73. The molecule has 0 spiro atoms. The van der Waals surface area contributed by atoms with Crippen LogP contribution in [0.1, 0.15) is 6.92 Å². The van der Waals surface area contributed by atoms with Crippen molar-refractivity contribution in [1.82, 2.24) is 10.3 Å². The number of carbonyl (C=O) groups excluding carboxylic acids is 1. The Kier molecular flexibility index (Phi) is 4.85. The monoisotopic (exact) mass is 323 g/mol. The molecular formula is C8H10BrN3O4S. The number of hydrogen-bond acceptors (Lipinski definition) is 5. The number of aromatic nitrogens is 1. The van der Waals surface area contributed by atoms with Crippen LogP contribution in [0.3, 0.4) is 0 Å². The third-order valence-corrected chi connectivity index (χ3v) is 3.12. The highest BCUT2D eigenvalue weighted by atomic mass is 79.9. The molecule has 1 aromatic heterocycles. The summed E-state index contributed by atoms with van der Waals surface area (Å²) in [4.78, 5) is 25.9. The van der Waals surface area contributed by atoms with Crippen molar-refractivity contribution in [2.24, 2.45) is 0 Å². The molecule has 1 rings (SSSR count). The van der Waals surface area contributed by atoms with E-state index in [1.54, 1.807) is 0 Å². The van der Waals surface area contributed by atoms with Crippen LogP contribution < -0.4 is 10.6 Å². The van der Waals surface area contributed by atoms with Gasteiger partial charge in [-0.2, -0.15) is 0 Å². The van der Waals surface area contributed by atoms with Gasteiger partial charge in [-0.25, -0.2) is 14.6 Å². The molecular weight excluding hydrogens is 314 g/mol. The van der Waals surface area contributed by atoms with Crippen LogP contribution >= 0.6 is 27.3 Å². The number of halogens is 1. The second-order valence-electron chi connectivity index (χ2n) is 3.12. The summed E-state index contributed by atoms with van der Waals surface area (Å²) in [5.41, 5.74) is 0. The fraction of sp³-hybridized carbons (Fsp3) is 0.375. The summed E-state index contributed by atoms with van der Waals surface area (Å²) in [6.45, 7) is 1.28. The number of carbonyl (C=O) groups is 2. The van der Waals surface area contributed by atoms with Gasteiger partial charge in [-0.05, 0) is 22.9 Å². The van der Waals surface area contributed by atoms with E-state index in [0.29, 0.717) is 5.13 Å². The van der Waals surface area contributed by atoms with Gasteiger partial charge in [-0.1, -0.05) is 11.3 Å². The number of anilines is 1. The predicted octanol–water partition coefficient (Wildman–Crippen LogP) is 0.861. The molecule has 94 valence electrons. The summed E-state index contributed by atoms with van der Waals surface area (Å²) in [5, 5.41) is 22.7. The van der Waals surface area contributed by atoms with Crippen molar-refractivity contribution in [1.29, 1.82) is 0 Å². The van der Waals surface area contributed by atoms with Crippen LogP contribution in [0, 0.1) is 0 Å². The van der Waals surface area contributed by atoms with Crippen molar-refractivity contribution < 1.29 is 19.8 Å². The van der Waals surface area contributed by atoms with Crippen molar-refractivity contribution in [3.63, 3.8) is 0 Å². The molecule has 7 nitrogen and oxygen atoms in total. The third kappa shape index (κ3) is 4.29. The Balaban J connectivity index is 2.56. The molecule has 0 fully saturated rings. The molecule has 0 saturated heterocycles. The first kappa shape index (κ1) is 13.9. The number of aliphatic carboxylic acids is 1. The summed E-state index contributed by atoms with van der Waals surface area (Å²) in [7, 11) is 0. The van der Waals surface area contributed by atoms with Crippen LogP contribution in [-0.4, -0.2) is 39.3 Å². The van der Waals surface area contributed by atoms with Gasteiger partial charge >= 0.3 is 12.0 Å². The van der Waals surface area contributed by atoms with Crippen LogP contribution in [0.5, 0.6) is 0 Å². The highest BCUT2D eigenvalue weighted by molar-refractivity contribution is 9.11. The fourth-order valence-electron chi connectivity index (χ4n) is 0.975. The smallest absolute Gasteiger partial charge is 0.328 e. The highest BCUT2D eigenvalue weighted by Gasteiger charge is 2.25. The van der Waals surface area contributed by atoms with E-state index in [-0.39, 0.29) is 0 Å². The second kappa shape index (κ2) is 5.94. The Morgan fingerprint density at radius 2 is 2.24 bits per heavy atom. The van der Waals surface area contributed by atoms with Gasteiger partial charge in [0.05, 0.1) is 16.1 Å². The van der Waals surface area contributed by atoms with Gasteiger partial charge < -0.3 is 15.5 Å². The largest absolute Gasteiger partial charge is 0.480 e. The molecule has 1 heterocycles. The first-order valence-corrected chi connectivity index (χ1v) is 6.11. The SMILES string of the molecule is CC(O)C(NC(=O)Nc1ncc(Br)s1)C(=O)O. The van der Waals surface area contributed by atoms with E-state index in [2.05, 4.69) is 31.5 Å². The lowest BCUT2D eigenvalue weighted by Crippen LogP contribution is -2.49. The minimum atomic E-state index is -1.36. The van der Waals surface area contributed by atoms with Gasteiger partial charge in [-0.3, -0.25) is 5.32 Å². The average Bonchev–Trinajstić information content (AvgIpc) is 2.59. The lowest BCUT2D eigenvalue weighted by atomic mass is 10.2. The quantitative estimate of drug-likeness (QED) is 0.656.